The van der Waals surface area contributed by atoms with Gasteiger partial charge in [-0.1, -0.05) is 48.0 Å². The zero-order valence-electron chi connectivity index (χ0n) is 14.1. The summed E-state index contributed by atoms with van der Waals surface area (Å²) in [6, 6.07) is 15.0. The Labute approximate surface area is 143 Å². The highest BCUT2D eigenvalue weighted by molar-refractivity contribution is 8.00. The number of Topliss-reactive ketones (excluding diaryl/α,β-unsaturated/α-hetero) is 1. The van der Waals surface area contributed by atoms with Gasteiger partial charge in [0.05, 0.1) is 5.25 Å². The van der Waals surface area contributed by atoms with Crippen LogP contribution in [0.25, 0.3) is 0 Å². The Bertz CT molecular complexity index is 682. The van der Waals surface area contributed by atoms with Crippen LogP contribution in [0.3, 0.4) is 0 Å². The lowest BCUT2D eigenvalue weighted by Crippen LogP contribution is -2.40. The predicted octanol–water partition coefficient (Wildman–Crippen LogP) is 5.29. The van der Waals surface area contributed by atoms with E-state index in [1.54, 1.807) is 11.8 Å². The summed E-state index contributed by atoms with van der Waals surface area (Å²) < 4.78 is 0. The third-order valence-electron chi connectivity index (χ3n) is 4.70. The van der Waals surface area contributed by atoms with Crippen LogP contribution in [-0.2, 0) is 11.2 Å². The van der Waals surface area contributed by atoms with E-state index in [4.69, 9.17) is 0 Å². The Morgan fingerprint density at radius 3 is 2.30 bits per heavy atom. The topological polar surface area (TPSA) is 17.1 Å². The Morgan fingerprint density at radius 2 is 1.70 bits per heavy atom. The molecule has 0 amide bonds. The molecule has 0 unspecified atom stereocenters. The number of carbonyl (C=O) groups excluding carboxylic acids is 1. The molecule has 0 radical (unpaired) electrons. The lowest BCUT2D eigenvalue weighted by Gasteiger charge is -2.35. The van der Waals surface area contributed by atoms with E-state index >= 15 is 0 Å². The first-order valence-electron chi connectivity index (χ1n) is 8.35. The van der Waals surface area contributed by atoms with Crippen molar-refractivity contribution in [1.29, 1.82) is 0 Å². The number of thioether (sulfide) groups is 1. The fourth-order valence-corrected chi connectivity index (χ4v) is 4.87. The average Bonchev–Trinajstić information content (AvgIpc) is 2.51. The van der Waals surface area contributed by atoms with Crippen LogP contribution in [0.4, 0.5) is 0 Å². The molecule has 1 nitrogen and oxygen atoms in total. The highest BCUT2D eigenvalue weighted by Gasteiger charge is 2.40. The number of hydrogen-bond acceptors (Lipinski definition) is 2. The molecule has 1 saturated carbocycles. The standard InChI is InChI=1S/C21H24OS/c1-14-11-15(2)20(16(3)12-14)23-21-18(13-19(21)22)10-9-17-7-5-4-6-8-17/h4-8,11-12,18,21H,9-10,13H2,1-3H3/t18-,21-/m1/s1. The van der Waals surface area contributed by atoms with Gasteiger partial charge in [0.2, 0.25) is 0 Å². The molecule has 2 atom stereocenters. The SMILES string of the molecule is Cc1cc(C)c(S[C@H]2C(=O)C[C@H]2CCc2ccccc2)c(C)c1. The largest absolute Gasteiger partial charge is 0.298 e. The smallest absolute Gasteiger partial charge is 0.146 e. The maximum absolute atomic E-state index is 12.1. The van der Waals surface area contributed by atoms with Crippen LogP contribution in [0.1, 0.15) is 35.1 Å². The van der Waals surface area contributed by atoms with Crippen molar-refractivity contribution in [2.75, 3.05) is 0 Å². The van der Waals surface area contributed by atoms with Crippen molar-refractivity contribution in [3.63, 3.8) is 0 Å². The van der Waals surface area contributed by atoms with Crippen LogP contribution in [0.5, 0.6) is 0 Å². The molecule has 120 valence electrons. The maximum Gasteiger partial charge on any atom is 0.146 e. The van der Waals surface area contributed by atoms with Crippen molar-refractivity contribution < 1.29 is 4.79 Å². The summed E-state index contributed by atoms with van der Waals surface area (Å²) in [6.45, 7) is 6.44. The van der Waals surface area contributed by atoms with Crippen LogP contribution in [0.2, 0.25) is 0 Å². The molecular weight excluding hydrogens is 300 g/mol. The Kier molecular flexibility index (Phi) is 4.91. The monoisotopic (exact) mass is 324 g/mol. The number of rotatable bonds is 5. The molecule has 0 heterocycles. The molecular formula is C21H24OS. The van der Waals surface area contributed by atoms with E-state index in [1.807, 2.05) is 0 Å². The molecule has 3 rings (SSSR count). The molecule has 2 aromatic carbocycles. The summed E-state index contributed by atoms with van der Waals surface area (Å²) in [5.41, 5.74) is 5.27. The van der Waals surface area contributed by atoms with Gasteiger partial charge in [0.1, 0.15) is 5.78 Å². The summed E-state index contributed by atoms with van der Waals surface area (Å²) in [6.07, 6.45) is 2.94. The second-order valence-corrected chi connectivity index (χ2v) is 7.87. The summed E-state index contributed by atoms with van der Waals surface area (Å²) in [4.78, 5) is 13.4. The minimum atomic E-state index is 0.152. The van der Waals surface area contributed by atoms with Gasteiger partial charge in [-0.2, -0.15) is 0 Å². The Hall–Kier alpha value is -1.54. The number of carbonyl (C=O) groups is 1. The van der Waals surface area contributed by atoms with Crippen molar-refractivity contribution in [2.24, 2.45) is 5.92 Å². The molecule has 1 fully saturated rings. The minimum Gasteiger partial charge on any atom is -0.298 e. The first-order chi connectivity index (χ1) is 11.0. The number of benzene rings is 2. The van der Waals surface area contributed by atoms with Crippen molar-refractivity contribution in [3.05, 3.63) is 64.7 Å². The average molecular weight is 324 g/mol. The van der Waals surface area contributed by atoms with Gasteiger partial charge in [-0.15, -0.1) is 11.8 Å². The van der Waals surface area contributed by atoms with Gasteiger partial charge < -0.3 is 0 Å². The first kappa shape index (κ1) is 16.3. The Balaban J connectivity index is 1.66. The van der Waals surface area contributed by atoms with Gasteiger partial charge in [0.15, 0.2) is 0 Å². The number of ketones is 1. The third kappa shape index (κ3) is 3.69. The second kappa shape index (κ2) is 6.92. The van der Waals surface area contributed by atoms with E-state index in [1.165, 1.54) is 27.1 Å². The normalized spacial score (nSPS) is 20.4. The highest BCUT2D eigenvalue weighted by atomic mass is 32.2. The fourth-order valence-electron chi connectivity index (χ4n) is 3.48. The molecule has 2 aromatic rings. The molecule has 0 saturated heterocycles. The molecule has 23 heavy (non-hydrogen) atoms. The minimum absolute atomic E-state index is 0.152. The lowest BCUT2D eigenvalue weighted by molar-refractivity contribution is -0.126. The van der Waals surface area contributed by atoms with E-state index in [0.717, 1.165) is 19.3 Å². The molecule has 0 N–H and O–H groups in total. The zero-order valence-corrected chi connectivity index (χ0v) is 15.0. The zero-order chi connectivity index (χ0) is 16.4. The summed E-state index contributed by atoms with van der Waals surface area (Å²) in [7, 11) is 0. The molecule has 0 bridgehead atoms. The van der Waals surface area contributed by atoms with Crippen LogP contribution in [-0.4, -0.2) is 11.0 Å². The third-order valence-corrected chi connectivity index (χ3v) is 6.49. The van der Waals surface area contributed by atoms with Gasteiger partial charge in [-0.25, -0.2) is 0 Å². The quantitative estimate of drug-likeness (QED) is 0.743. The summed E-state index contributed by atoms with van der Waals surface area (Å²) in [5, 5.41) is 0.152. The van der Waals surface area contributed by atoms with Crippen LogP contribution in [0.15, 0.2) is 47.4 Å². The molecule has 0 spiro atoms. The summed E-state index contributed by atoms with van der Waals surface area (Å²) in [5.74, 6) is 0.945. The van der Waals surface area contributed by atoms with Gasteiger partial charge in [0, 0.05) is 11.3 Å². The van der Waals surface area contributed by atoms with E-state index in [0.29, 0.717) is 11.7 Å². The van der Waals surface area contributed by atoms with Crippen molar-refractivity contribution >= 4 is 17.5 Å². The second-order valence-electron chi connectivity index (χ2n) is 6.72. The van der Waals surface area contributed by atoms with Gasteiger partial charge in [-0.3, -0.25) is 4.79 Å². The first-order valence-corrected chi connectivity index (χ1v) is 9.23. The summed E-state index contributed by atoms with van der Waals surface area (Å²) >= 11 is 1.79. The van der Waals surface area contributed by atoms with E-state index < -0.39 is 0 Å². The van der Waals surface area contributed by atoms with E-state index in [2.05, 4.69) is 63.2 Å². The molecule has 1 aliphatic carbocycles. The van der Waals surface area contributed by atoms with Crippen LogP contribution < -0.4 is 0 Å². The van der Waals surface area contributed by atoms with E-state index in [9.17, 15) is 4.79 Å². The molecule has 0 aromatic heterocycles. The maximum atomic E-state index is 12.1. The van der Waals surface area contributed by atoms with Gasteiger partial charge in [-0.05, 0) is 56.2 Å². The molecule has 0 aliphatic heterocycles. The lowest BCUT2D eigenvalue weighted by atomic mass is 9.79. The van der Waals surface area contributed by atoms with Gasteiger partial charge >= 0.3 is 0 Å². The van der Waals surface area contributed by atoms with Crippen LogP contribution in [0, 0.1) is 26.7 Å². The predicted molar refractivity (Wildman–Crippen MR) is 98.2 cm³/mol. The van der Waals surface area contributed by atoms with Crippen molar-refractivity contribution in [2.45, 2.75) is 50.2 Å². The van der Waals surface area contributed by atoms with Crippen molar-refractivity contribution in [1.82, 2.24) is 0 Å². The highest BCUT2D eigenvalue weighted by Crippen LogP contribution is 2.43. The number of hydrogen-bond donors (Lipinski definition) is 0. The molecule has 1 aliphatic rings. The van der Waals surface area contributed by atoms with Crippen molar-refractivity contribution in [3.8, 4) is 0 Å². The Morgan fingerprint density at radius 1 is 1.04 bits per heavy atom. The van der Waals surface area contributed by atoms with E-state index in [-0.39, 0.29) is 5.25 Å². The van der Waals surface area contributed by atoms with Crippen LogP contribution >= 0.6 is 11.8 Å². The molecule has 2 heteroatoms. The number of aryl methyl sites for hydroxylation is 4. The van der Waals surface area contributed by atoms with Gasteiger partial charge in [0.25, 0.3) is 0 Å². The fraction of sp³-hybridized carbons (Fsp3) is 0.381.